The molecule has 0 spiro atoms. The minimum Gasteiger partial charge on any atom is -0.458 e. The first kappa shape index (κ1) is 9.52. The fraction of sp³-hybridized carbons (Fsp3) is 0.889. The van der Waals surface area contributed by atoms with Gasteiger partial charge in [0.1, 0.15) is 6.10 Å². The second-order valence-corrected chi connectivity index (χ2v) is 3.60. The van der Waals surface area contributed by atoms with E-state index in [1.54, 1.807) is 6.92 Å². The van der Waals surface area contributed by atoms with Crippen LogP contribution in [-0.4, -0.2) is 18.1 Å². The van der Waals surface area contributed by atoms with Gasteiger partial charge in [-0.15, -0.1) is 0 Å². The summed E-state index contributed by atoms with van der Waals surface area (Å²) in [5, 5.41) is 0. The Morgan fingerprint density at radius 2 is 2.00 bits per heavy atom. The second-order valence-electron chi connectivity index (χ2n) is 3.60. The molecule has 0 aromatic carbocycles. The molecule has 0 radical (unpaired) electrons. The van der Waals surface area contributed by atoms with Crippen molar-refractivity contribution in [1.82, 2.24) is 0 Å². The van der Waals surface area contributed by atoms with Gasteiger partial charge >= 0.3 is 5.97 Å². The van der Waals surface area contributed by atoms with E-state index in [1.165, 1.54) is 19.3 Å². The first-order valence-electron chi connectivity index (χ1n) is 4.73. The Hall–Kier alpha value is -0.570. The van der Waals surface area contributed by atoms with Gasteiger partial charge in [0.2, 0.25) is 0 Å². The number of esters is 1. The number of hydrogen-bond acceptors (Lipinski definition) is 2. The number of ether oxygens (including phenoxy) is 1. The van der Waals surface area contributed by atoms with Crippen LogP contribution in [0.3, 0.4) is 0 Å². The van der Waals surface area contributed by atoms with Crippen LogP contribution in [0.1, 0.15) is 39.0 Å². The summed E-state index contributed by atoms with van der Waals surface area (Å²) >= 11 is 0. The zero-order valence-corrected chi connectivity index (χ0v) is 7.71. The molecule has 1 aliphatic carbocycles. The molecule has 1 fully saturated rings. The van der Waals surface area contributed by atoms with Gasteiger partial charge in [0, 0.05) is 0 Å². The van der Waals surface area contributed by atoms with E-state index in [9.17, 15) is 4.79 Å². The summed E-state index contributed by atoms with van der Waals surface area (Å²) in [5.74, 6) is -0.151. The van der Waals surface area contributed by atoms with Gasteiger partial charge in [-0.2, -0.15) is 0 Å². The maximum atomic E-state index is 11.1. The van der Waals surface area contributed by atoms with Gasteiger partial charge in [0.05, 0.1) is 0 Å². The Morgan fingerprint density at radius 1 is 1.42 bits per heavy atom. The molecule has 1 saturated carbocycles. The molecule has 1 unspecified atom stereocenters. The molecule has 0 saturated heterocycles. The minimum absolute atomic E-state index is 0.151. The minimum atomic E-state index is -0.230. The molecule has 0 aromatic rings. The van der Waals surface area contributed by atoms with Crippen LogP contribution in [0.4, 0.5) is 0 Å². The van der Waals surface area contributed by atoms with E-state index in [2.05, 4.69) is 5.73 Å². The number of rotatable bonds is 2. The Labute approximate surface area is 73.3 Å². The Kier molecular flexibility index (Phi) is 3.53. The van der Waals surface area contributed by atoms with Gasteiger partial charge in [-0.25, -0.2) is 4.79 Å². The fourth-order valence-electron chi connectivity index (χ4n) is 1.46. The summed E-state index contributed by atoms with van der Waals surface area (Å²) in [6.07, 6.45) is 5.94. The lowest BCUT2D eigenvalue weighted by atomic mass is 9.98. The second kappa shape index (κ2) is 4.45. The summed E-state index contributed by atoms with van der Waals surface area (Å²) in [7, 11) is 0. The molecule has 0 aliphatic heterocycles. The van der Waals surface area contributed by atoms with E-state index in [1.807, 2.05) is 0 Å². The SMILES string of the molecule is CC([NH3+])C(=O)OC1CCCCC1. The first-order chi connectivity index (χ1) is 5.70. The van der Waals surface area contributed by atoms with E-state index in [0.29, 0.717) is 0 Å². The van der Waals surface area contributed by atoms with Gasteiger partial charge < -0.3 is 10.5 Å². The lowest BCUT2D eigenvalue weighted by Crippen LogP contribution is -2.63. The molecule has 3 heteroatoms. The Balaban J connectivity index is 2.24. The average Bonchev–Trinajstić information content (AvgIpc) is 2.06. The molecule has 1 aliphatic rings. The lowest BCUT2D eigenvalue weighted by molar-refractivity contribution is -0.403. The van der Waals surface area contributed by atoms with Gasteiger partial charge in [0.25, 0.3) is 0 Å². The van der Waals surface area contributed by atoms with Crippen molar-refractivity contribution < 1.29 is 15.3 Å². The van der Waals surface area contributed by atoms with Crippen LogP contribution in [-0.2, 0) is 9.53 Å². The number of hydrogen-bond donors (Lipinski definition) is 1. The topological polar surface area (TPSA) is 53.9 Å². The number of carbonyl (C=O) groups excluding carboxylic acids is 1. The van der Waals surface area contributed by atoms with Crippen molar-refractivity contribution in [2.45, 2.75) is 51.2 Å². The molecule has 3 nitrogen and oxygen atoms in total. The summed E-state index contributed by atoms with van der Waals surface area (Å²) in [4.78, 5) is 11.1. The van der Waals surface area contributed by atoms with Crippen molar-refractivity contribution in [2.75, 3.05) is 0 Å². The van der Waals surface area contributed by atoms with E-state index < -0.39 is 0 Å². The van der Waals surface area contributed by atoms with Crippen molar-refractivity contribution in [3.05, 3.63) is 0 Å². The van der Waals surface area contributed by atoms with Crippen molar-refractivity contribution in [3.8, 4) is 0 Å². The maximum absolute atomic E-state index is 11.1. The maximum Gasteiger partial charge on any atom is 0.364 e. The molecular weight excluding hydrogens is 154 g/mol. The standard InChI is InChI=1S/C9H17NO2/c1-7(10)9(11)12-8-5-3-2-4-6-8/h7-8H,2-6,10H2,1H3/p+1. The van der Waals surface area contributed by atoms with Crippen LogP contribution in [0.15, 0.2) is 0 Å². The Bertz CT molecular complexity index is 151. The smallest absolute Gasteiger partial charge is 0.364 e. The molecule has 0 bridgehead atoms. The molecule has 12 heavy (non-hydrogen) atoms. The molecular formula is C9H18NO2+. The van der Waals surface area contributed by atoms with E-state index in [4.69, 9.17) is 4.74 Å². The average molecular weight is 172 g/mol. The zero-order valence-electron chi connectivity index (χ0n) is 7.71. The normalized spacial score (nSPS) is 21.8. The third-order valence-electron chi connectivity index (χ3n) is 2.24. The predicted molar refractivity (Wildman–Crippen MR) is 45.3 cm³/mol. The van der Waals surface area contributed by atoms with E-state index in [-0.39, 0.29) is 18.1 Å². The summed E-state index contributed by atoms with van der Waals surface area (Å²) in [5.41, 5.74) is 3.63. The molecule has 0 heterocycles. The van der Waals surface area contributed by atoms with Crippen LogP contribution in [0.25, 0.3) is 0 Å². The highest BCUT2D eigenvalue weighted by Gasteiger charge is 2.20. The van der Waals surface area contributed by atoms with Gasteiger partial charge in [-0.1, -0.05) is 6.42 Å². The molecule has 1 rings (SSSR count). The highest BCUT2D eigenvalue weighted by atomic mass is 16.5. The molecule has 70 valence electrons. The van der Waals surface area contributed by atoms with E-state index >= 15 is 0 Å². The fourth-order valence-corrected chi connectivity index (χ4v) is 1.46. The van der Waals surface area contributed by atoms with Crippen LogP contribution < -0.4 is 5.73 Å². The van der Waals surface area contributed by atoms with Crippen molar-refractivity contribution in [2.24, 2.45) is 0 Å². The summed E-state index contributed by atoms with van der Waals surface area (Å²) < 4.78 is 5.25. The third kappa shape index (κ3) is 2.81. The van der Waals surface area contributed by atoms with Crippen LogP contribution in [0, 0.1) is 0 Å². The molecule has 0 amide bonds. The Morgan fingerprint density at radius 3 is 2.50 bits per heavy atom. The van der Waals surface area contributed by atoms with Crippen molar-refractivity contribution >= 4 is 5.97 Å². The highest BCUT2D eigenvalue weighted by Crippen LogP contribution is 2.20. The molecule has 0 aromatic heterocycles. The third-order valence-corrected chi connectivity index (χ3v) is 2.24. The van der Waals surface area contributed by atoms with Crippen molar-refractivity contribution in [1.29, 1.82) is 0 Å². The number of quaternary nitrogens is 1. The van der Waals surface area contributed by atoms with Gasteiger partial charge in [-0.05, 0) is 32.6 Å². The lowest BCUT2D eigenvalue weighted by Gasteiger charge is -2.21. The molecule has 3 N–H and O–H groups in total. The molecule has 1 atom stereocenters. The van der Waals surface area contributed by atoms with Crippen LogP contribution in [0.2, 0.25) is 0 Å². The highest BCUT2D eigenvalue weighted by molar-refractivity contribution is 5.73. The van der Waals surface area contributed by atoms with Crippen molar-refractivity contribution in [3.63, 3.8) is 0 Å². The monoisotopic (exact) mass is 172 g/mol. The summed E-state index contributed by atoms with van der Waals surface area (Å²) in [6.45, 7) is 1.77. The zero-order chi connectivity index (χ0) is 8.97. The van der Waals surface area contributed by atoms with Gasteiger partial charge in [0.15, 0.2) is 6.04 Å². The quantitative estimate of drug-likeness (QED) is 0.616. The van der Waals surface area contributed by atoms with Gasteiger partial charge in [-0.3, -0.25) is 0 Å². The van der Waals surface area contributed by atoms with Crippen LogP contribution in [0.5, 0.6) is 0 Å². The first-order valence-corrected chi connectivity index (χ1v) is 4.73. The largest absolute Gasteiger partial charge is 0.458 e. The predicted octanol–water partition coefficient (Wildman–Crippen LogP) is 0.493. The van der Waals surface area contributed by atoms with Crippen LogP contribution >= 0.6 is 0 Å². The van der Waals surface area contributed by atoms with E-state index in [0.717, 1.165) is 12.8 Å². The number of carbonyl (C=O) groups is 1. The summed E-state index contributed by atoms with van der Waals surface area (Å²) in [6, 6.07) is -0.230.